The molecule has 18 heavy (non-hydrogen) atoms. The summed E-state index contributed by atoms with van der Waals surface area (Å²) >= 11 is 0. The standard InChI is InChI=1S/C5H8N2O2.4Na.O4Si/c1-5(2)3(8)6-4(9)7-5;;;;;1-5(2,3)4/h1-2H3,(H2,6,7,8,9);;;;;/q;4*+1;-4. The Kier molecular flexibility index (Phi) is 24.9. The minimum absolute atomic E-state index is 0. The topological polar surface area (TPSA) is 150 Å². The number of imide groups is 1. The van der Waals surface area contributed by atoms with Gasteiger partial charge in [-0.1, -0.05) is 0 Å². The number of hydrogen-bond acceptors (Lipinski definition) is 6. The molecule has 3 amide bonds. The van der Waals surface area contributed by atoms with Crippen LogP contribution in [0.25, 0.3) is 0 Å². The molecule has 0 aromatic carbocycles. The van der Waals surface area contributed by atoms with Crippen LogP contribution in [0.2, 0.25) is 0 Å². The van der Waals surface area contributed by atoms with Crippen LogP contribution in [0.4, 0.5) is 4.79 Å². The van der Waals surface area contributed by atoms with Gasteiger partial charge in [-0.25, -0.2) is 4.79 Å². The van der Waals surface area contributed by atoms with E-state index in [-0.39, 0.29) is 124 Å². The van der Waals surface area contributed by atoms with Gasteiger partial charge in [0.15, 0.2) is 0 Å². The van der Waals surface area contributed by atoms with Crippen LogP contribution < -0.4 is 148 Å². The number of carbonyl (C=O) groups excluding carboxylic acids is 2. The zero-order chi connectivity index (χ0) is 11.6. The third kappa shape index (κ3) is 19.0. The average molecular weight is 312 g/mol. The first kappa shape index (κ1) is 32.8. The Balaban J connectivity index is -0.0000000567. The van der Waals surface area contributed by atoms with E-state index in [0.717, 1.165) is 0 Å². The summed E-state index contributed by atoms with van der Waals surface area (Å²) in [5.41, 5.74) is -0.725. The number of carbonyl (C=O) groups is 2. The summed E-state index contributed by atoms with van der Waals surface area (Å²) < 4.78 is 0. The summed E-state index contributed by atoms with van der Waals surface area (Å²) in [6, 6.07) is -0.412. The van der Waals surface area contributed by atoms with Crippen LogP contribution in [0.15, 0.2) is 0 Å². The predicted molar refractivity (Wildman–Crippen MR) is 36.5 cm³/mol. The van der Waals surface area contributed by atoms with Gasteiger partial charge in [-0.05, 0) is 13.8 Å². The van der Waals surface area contributed by atoms with Crippen LogP contribution in [0.5, 0.6) is 0 Å². The van der Waals surface area contributed by atoms with Gasteiger partial charge >= 0.3 is 124 Å². The van der Waals surface area contributed by atoms with Crippen molar-refractivity contribution in [2.75, 3.05) is 0 Å². The SMILES string of the molecule is CC1(C)NC(=O)NC1=O.[Na+].[Na+].[Na+].[Na+].[O-][Si]([O-])([O-])[O-]. The molecule has 2 N–H and O–H groups in total. The third-order valence-electron chi connectivity index (χ3n) is 1.22. The molecule has 0 spiro atoms. The first-order chi connectivity index (χ1) is 6.02. The van der Waals surface area contributed by atoms with E-state index in [4.69, 9.17) is 19.2 Å². The van der Waals surface area contributed by atoms with E-state index < -0.39 is 20.6 Å². The Hall–Kier alpha value is 3.00. The second-order valence-corrected chi connectivity index (χ2v) is 4.03. The Labute approximate surface area is 194 Å². The van der Waals surface area contributed by atoms with Crippen molar-refractivity contribution in [3.05, 3.63) is 0 Å². The number of urea groups is 1. The quantitative estimate of drug-likeness (QED) is 0.335. The summed E-state index contributed by atoms with van der Waals surface area (Å²) in [4.78, 5) is 55.4. The molecule has 0 radical (unpaired) electrons. The van der Waals surface area contributed by atoms with Crippen LogP contribution in [-0.4, -0.2) is 26.5 Å². The summed E-state index contributed by atoms with van der Waals surface area (Å²) in [6.07, 6.45) is 0. The molecule has 0 aromatic rings. The van der Waals surface area contributed by atoms with E-state index >= 15 is 0 Å². The molecule has 1 rings (SSSR count). The maximum absolute atomic E-state index is 10.7. The first-order valence-electron chi connectivity index (χ1n) is 3.47. The van der Waals surface area contributed by atoms with Gasteiger partial charge in [0.05, 0.1) is 0 Å². The largest absolute Gasteiger partial charge is 1.00 e. The number of amides is 3. The Morgan fingerprint density at radius 1 is 0.944 bits per heavy atom. The fourth-order valence-corrected chi connectivity index (χ4v) is 0.631. The summed E-state index contributed by atoms with van der Waals surface area (Å²) in [7, 11) is -5.61. The molecule has 1 aliphatic rings. The first-order valence-corrected chi connectivity index (χ1v) is 5.11. The van der Waals surface area contributed by atoms with Crippen LogP contribution >= 0.6 is 0 Å². The van der Waals surface area contributed by atoms with E-state index in [9.17, 15) is 9.59 Å². The van der Waals surface area contributed by atoms with Crippen molar-refractivity contribution >= 4 is 21.0 Å². The van der Waals surface area contributed by atoms with Crippen molar-refractivity contribution in [2.24, 2.45) is 0 Å². The van der Waals surface area contributed by atoms with Gasteiger partial charge in [0.2, 0.25) is 0 Å². The summed E-state index contributed by atoms with van der Waals surface area (Å²) in [5, 5.41) is 4.56. The Morgan fingerprint density at radius 3 is 1.28 bits per heavy atom. The van der Waals surface area contributed by atoms with Gasteiger partial charge in [0.25, 0.3) is 5.91 Å². The van der Waals surface area contributed by atoms with Gasteiger partial charge in [0.1, 0.15) is 5.54 Å². The minimum atomic E-state index is -5.61. The van der Waals surface area contributed by atoms with Gasteiger partial charge in [-0.3, -0.25) is 10.1 Å². The third-order valence-corrected chi connectivity index (χ3v) is 1.22. The molecule has 0 unspecified atom stereocenters. The van der Waals surface area contributed by atoms with Crippen molar-refractivity contribution in [2.45, 2.75) is 19.4 Å². The zero-order valence-electron chi connectivity index (χ0n) is 11.4. The molecule has 13 heteroatoms. The number of nitrogens with one attached hydrogen (secondary N) is 2. The minimum Gasteiger partial charge on any atom is -0.894 e. The fraction of sp³-hybridized carbons (Fsp3) is 0.600. The Morgan fingerprint density at radius 2 is 1.22 bits per heavy atom. The van der Waals surface area contributed by atoms with Gasteiger partial charge in [0, 0.05) is 0 Å². The van der Waals surface area contributed by atoms with Crippen molar-refractivity contribution in [3.63, 3.8) is 0 Å². The maximum atomic E-state index is 10.7. The molecular formula is C5H8N2Na4O6Si. The molecule has 82 valence electrons. The van der Waals surface area contributed by atoms with E-state index in [1.165, 1.54) is 0 Å². The number of rotatable bonds is 0. The average Bonchev–Trinajstić information content (AvgIpc) is 1.99. The monoisotopic (exact) mass is 312 g/mol. The molecular weight excluding hydrogens is 304 g/mol. The fourth-order valence-electron chi connectivity index (χ4n) is 0.631. The van der Waals surface area contributed by atoms with Crippen LogP contribution in [-0.2, 0) is 4.79 Å². The van der Waals surface area contributed by atoms with Gasteiger partial charge in [-0.15, -0.1) is 0 Å². The number of hydrogen-bond donors (Lipinski definition) is 2. The molecule has 0 aromatic heterocycles. The van der Waals surface area contributed by atoms with Crippen molar-refractivity contribution in [1.29, 1.82) is 0 Å². The molecule has 1 saturated heterocycles. The molecule has 8 nitrogen and oxygen atoms in total. The summed E-state index contributed by atoms with van der Waals surface area (Å²) in [5.74, 6) is -0.271. The van der Waals surface area contributed by atoms with Crippen LogP contribution in [0.1, 0.15) is 13.8 Å². The van der Waals surface area contributed by atoms with Gasteiger partial charge < -0.3 is 33.5 Å². The van der Waals surface area contributed by atoms with Crippen molar-refractivity contribution in [3.8, 4) is 0 Å². The zero-order valence-corrected chi connectivity index (χ0v) is 20.4. The van der Waals surface area contributed by atoms with Crippen molar-refractivity contribution in [1.82, 2.24) is 10.6 Å². The molecule has 0 aliphatic carbocycles. The van der Waals surface area contributed by atoms with Crippen LogP contribution in [0, 0.1) is 0 Å². The van der Waals surface area contributed by atoms with E-state index in [0.29, 0.717) is 0 Å². The maximum Gasteiger partial charge on any atom is 1.00 e. The molecule has 0 saturated carbocycles. The molecule has 1 aliphatic heterocycles. The Bertz CT molecular complexity index is 255. The predicted octanol–water partition coefficient (Wildman–Crippen LogP) is -17.5. The smallest absolute Gasteiger partial charge is 0.894 e. The second kappa shape index (κ2) is 13.6. The van der Waals surface area contributed by atoms with Gasteiger partial charge in [-0.2, -0.15) is 0 Å². The van der Waals surface area contributed by atoms with E-state index in [1.807, 2.05) is 0 Å². The molecule has 1 fully saturated rings. The molecule has 0 atom stereocenters. The molecule has 1 heterocycles. The normalized spacial score (nSPS) is 15.0. The second-order valence-electron chi connectivity index (χ2n) is 3.03. The van der Waals surface area contributed by atoms with Crippen LogP contribution in [0.3, 0.4) is 0 Å². The molecule has 0 bridgehead atoms. The van der Waals surface area contributed by atoms with E-state index in [1.54, 1.807) is 13.8 Å². The van der Waals surface area contributed by atoms with E-state index in [2.05, 4.69) is 10.6 Å². The summed E-state index contributed by atoms with van der Waals surface area (Å²) in [6.45, 7) is 3.29. The van der Waals surface area contributed by atoms with Crippen molar-refractivity contribution < 1.29 is 147 Å².